The van der Waals surface area contributed by atoms with Crippen LogP contribution in [0.2, 0.25) is 0 Å². The van der Waals surface area contributed by atoms with Crippen LogP contribution in [-0.4, -0.2) is 42.0 Å². The molecule has 0 radical (unpaired) electrons. The lowest BCUT2D eigenvalue weighted by atomic mass is 10.0. The lowest BCUT2D eigenvalue weighted by Gasteiger charge is -2.27. The number of likely N-dealkylation sites (tertiary alicyclic amines) is 1. The van der Waals surface area contributed by atoms with E-state index in [-0.39, 0.29) is 18.3 Å². The van der Waals surface area contributed by atoms with E-state index < -0.39 is 0 Å². The number of carbonyl (C=O) groups excluding carboxylic acids is 1. The fourth-order valence-corrected chi connectivity index (χ4v) is 5.51. The number of nitrogens with one attached hydrogen (secondary N) is 2. The number of ether oxygens (including phenoxy) is 2. The van der Waals surface area contributed by atoms with E-state index in [4.69, 9.17) is 9.47 Å². The molecule has 1 amide bonds. The Bertz CT molecular complexity index is 1750. The van der Waals surface area contributed by atoms with Crippen molar-refractivity contribution in [2.45, 2.75) is 46.6 Å². The Hall–Kier alpha value is -4.94. The van der Waals surface area contributed by atoms with Gasteiger partial charge in [-0.1, -0.05) is 24.6 Å². The highest BCUT2D eigenvalue weighted by molar-refractivity contribution is 6.05. The summed E-state index contributed by atoms with van der Waals surface area (Å²) in [6.45, 7) is 9.65. The Balaban J connectivity index is 1.39. The van der Waals surface area contributed by atoms with Crippen LogP contribution in [0.1, 0.15) is 49.8 Å². The Labute approximate surface area is 263 Å². The van der Waals surface area contributed by atoms with Gasteiger partial charge in [0.05, 0.1) is 29.1 Å². The number of carbonyl (C=O) groups is 1. The molecule has 1 aliphatic heterocycles. The summed E-state index contributed by atoms with van der Waals surface area (Å²) in [5.41, 5.74) is 5.53. The number of benzene rings is 3. The number of nitrogens with zero attached hydrogens (tertiary/aromatic N) is 3. The van der Waals surface area contributed by atoms with Crippen molar-refractivity contribution in [3.05, 3.63) is 95.0 Å². The van der Waals surface area contributed by atoms with Gasteiger partial charge in [0, 0.05) is 42.5 Å². The van der Waals surface area contributed by atoms with Crippen LogP contribution in [0.5, 0.6) is 11.5 Å². The number of aromatic nitrogens is 1. The largest absolute Gasteiger partial charge is 0.492 e. The highest BCUT2D eigenvalue weighted by Gasteiger charge is 2.18. The van der Waals surface area contributed by atoms with E-state index in [1.54, 1.807) is 24.3 Å². The van der Waals surface area contributed by atoms with E-state index in [0.29, 0.717) is 45.9 Å². The summed E-state index contributed by atoms with van der Waals surface area (Å²) in [5, 5.41) is 17.0. The highest BCUT2D eigenvalue weighted by atomic mass is 19.1. The molecule has 45 heavy (non-hydrogen) atoms. The molecule has 1 saturated heterocycles. The lowest BCUT2D eigenvalue weighted by Crippen LogP contribution is -2.31. The van der Waals surface area contributed by atoms with Gasteiger partial charge in [-0.2, -0.15) is 5.26 Å². The number of aryl methyl sites for hydroxylation is 1. The first kappa shape index (κ1) is 31.5. The van der Waals surface area contributed by atoms with Gasteiger partial charge in [-0.15, -0.1) is 0 Å². The van der Waals surface area contributed by atoms with E-state index in [1.807, 2.05) is 38.1 Å². The number of amides is 1. The summed E-state index contributed by atoms with van der Waals surface area (Å²) < 4.78 is 25.4. The number of nitriles is 1. The van der Waals surface area contributed by atoms with Gasteiger partial charge in [0.25, 0.3) is 0 Å². The molecule has 0 bridgehead atoms. The first-order chi connectivity index (χ1) is 21.9. The summed E-state index contributed by atoms with van der Waals surface area (Å²) in [5.74, 6) is 0.661. The minimum Gasteiger partial charge on any atom is -0.492 e. The van der Waals surface area contributed by atoms with Crippen LogP contribution in [0, 0.1) is 24.1 Å². The van der Waals surface area contributed by atoms with Crippen molar-refractivity contribution in [3.63, 3.8) is 0 Å². The predicted octanol–water partition coefficient (Wildman–Crippen LogP) is 7.65. The topological polar surface area (TPSA) is 99.5 Å². The third-order valence-corrected chi connectivity index (χ3v) is 7.75. The van der Waals surface area contributed by atoms with Crippen LogP contribution in [-0.2, 0) is 11.4 Å². The number of pyridine rings is 1. The number of rotatable bonds is 11. The van der Waals surface area contributed by atoms with Crippen molar-refractivity contribution < 1.29 is 18.7 Å². The zero-order valence-corrected chi connectivity index (χ0v) is 26.0. The second-order valence-corrected chi connectivity index (χ2v) is 11.1. The van der Waals surface area contributed by atoms with Crippen molar-refractivity contribution in [1.29, 1.82) is 5.26 Å². The summed E-state index contributed by atoms with van der Waals surface area (Å²) in [7, 11) is 0. The van der Waals surface area contributed by atoms with Gasteiger partial charge in [-0.3, -0.25) is 9.78 Å². The third kappa shape index (κ3) is 7.97. The molecule has 232 valence electrons. The van der Waals surface area contributed by atoms with E-state index in [2.05, 4.69) is 33.5 Å². The van der Waals surface area contributed by atoms with Crippen molar-refractivity contribution >= 4 is 33.9 Å². The van der Waals surface area contributed by atoms with Crippen molar-refractivity contribution in [1.82, 2.24) is 9.88 Å². The number of piperidine rings is 1. The fraction of sp³-hybridized carbons (Fsp3) is 0.306. The first-order valence-electron chi connectivity index (χ1n) is 15.3. The summed E-state index contributed by atoms with van der Waals surface area (Å²) >= 11 is 0. The minimum absolute atomic E-state index is 0.211. The molecule has 1 aliphatic rings. The summed E-state index contributed by atoms with van der Waals surface area (Å²) in [6, 6.07) is 17.8. The summed E-state index contributed by atoms with van der Waals surface area (Å²) in [4.78, 5) is 20.1. The van der Waals surface area contributed by atoms with Gasteiger partial charge >= 0.3 is 0 Å². The molecule has 4 aromatic rings. The van der Waals surface area contributed by atoms with Crippen molar-refractivity contribution in [2.75, 3.05) is 36.9 Å². The van der Waals surface area contributed by atoms with Crippen LogP contribution in [0.25, 0.3) is 10.9 Å². The molecule has 0 saturated carbocycles. The number of anilines is 3. The maximum absolute atomic E-state index is 13.6. The highest BCUT2D eigenvalue weighted by Crippen LogP contribution is 2.37. The SMILES string of the molecule is CCCN1CCC(=CC(=O)Nc2cc3c(Nc4ccc(OCc5cccc(F)c5)c(C)c4)c(C#N)cnc3cc2OCC)CC1. The Morgan fingerprint density at radius 1 is 1.09 bits per heavy atom. The van der Waals surface area contributed by atoms with Crippen molar-refractivity contribution in [2.24, 2.45) is 0 Å². The molecule has 8 nitrogen and oxygen atoms in total. The average molecular weight is 608 g/mol. The maximum Gasteiger partial charge on any atom is 0.248 e. The molecule has 0 unspecified atom stereocenters. The van der Waals surface area contributed by atoms with Crippen LogP contribution in [0.15, 0.2) is 72.4 Å². The maximum atomic E-state index is 13.6. The molecule has 0 atom stereocenters. The standard InChI is InChI=1S/C36H38FN5O3/c1-4-13-42-14-11-25(12-15-42)18-35(43)41-32-19-30-31(20-34(32)44-5-2)39-22-27(21-38)36(30)40-29-9-10-33(24(3)16-29)45-23-26-7-6-8-28(37)17-26/h6-10,16-20,22H,4-5,11-15,23H2,1-3H3,(H,39,40)(H,41,43). The molecule has 2 heterocycles. The number of hydrogen-bond donors (Lipinski definition) is 2. The van der Waals surface area contributed by atoms with Gasteiger partial charge < -0.3 is 25.0 Å². The zero-order chi connectivity index (χ0) is 31.8. The second kappa shape index (κ2) is 14.7. The van der Waals surface area contributed by atoms with Crippen LogP contribution in [0.4, 0.5) is 21.5 Å². The molecule has 0 aliphatic carbocycles. The average Bonchev–Trinajstić information content (AvgIpc) is 3.02. The lowest BCUT2D eigenvalue weighted by molar-refractivity contribution is -0.112. The van der Waals surface area contributed by atoms with Crippen LogP contribution in [0.3, 0.4) is 0 Å². The predicted molar refractivity (Wildman–Crippen MR) is 175 cm³/mol. The Morgan fingerprint density at radius 2 is 1.91 bits per heavy atom. The van der Waals surface area contributed by atoms with Crippen LogP contribution >= 0.6 is 0 Å². The van der Waals surface area contributed by atoms with Crippen LogP contribution < -0.4 is 20.1 Å². The molecule has 9 heteroatoms. The van der Waals surface area contributed by atoms with E-state index in [1.165, 1.54) is 18.3 Å². The quantitative estimate of drug-likeness (QED) is 0.169. The molecular weight excluding hydrogens is 569 g/mol. The van der Waals surface area contributed by atoms with Gasteiger partial charge in [0.1, 0.15) is 30.0 Å². The molecule has 0 spiro atoms. The Kier molecular flexibility index (Phi) is 10.3. The number of hydrogen-bond acceptors (Lipinski definition) is 7. The van der Waals surface area contributed by atoms with Crippen molar-refractivity contribution in [3.8, 4) is 17.6 Å². The van der Waals surface area contributed by atoms with E-state index in [9.17, 15) is 14.4 Å². The fourth-order valence-electron chi connectivity index (χ4n) is 5.51. The van der Waals surface area contributed by atoms with E-state index in [0.717, 1.165) is 61.3 Å². The summed E-state index contributed by atoms with van der Waals surface area (Å²) in [6.07, 6.45) is 6.10. The molecule has 3 aromatic carbocycles. The smallest absolute Gasteiger partial charge is 0.248 e. The molecule has 2 N–H and O–H groups in total. The normalized spacial score (nSPS) is 13.3. The monoisotopic (exact) mass is 607 g/mol. The third-order valence-electron chi connectivity index (χ3n) is 7.75. The van der Waals surface area contributed by atoms with Gasteiger partial charge in [0.2, 0.25) is 5.91 Å². The minimum atomic E-state index is -0.304. The molecule has 1 fully saturated rings. The molecule has 5 rings (SSSR count). The van der Waals surface area contributed by atoms with Gasteiger partial charge in [0.15, 0.2) is 0 Å². The number of fused-ring (bicyclic) bond motifs is 1. The zero-order valence-electron chi connectivity index (χ0n) is 26.0. The molecule has 1 aromatic heterocycles. The molecular formula is C36H38FN5O3. The number of halogens is 1. The van der Waals surface area contributed by atoms with Gasteiger partial charge in [-0.25, -0.2) is 4.39 Å². The van der Waals surface area contributed by atoms with Gasteiger partial charge in [-0.05, 0) is 87.2 Å². The Morgan fingerprint density at radius 3 is 2.62 bits per heavy atom. The first-order valence-corrected chi connectivity index (χ1v) is 15.3. The second-order valence-electron chi connectivity index (χ2n) is 11.1. The van der Waals surface area contributed by atoms with E-state index >= 15 is 0 Å².